The van der Waals surface area contributed by atoms with Crippen molar-refractivity contribution < 1.29 is 18.4 Å². The topological polar surface area (TPSA) is 51.2 Å². The summed E-state index contributed by atoms with van der Waals surface area (Å²) >= 11 is 0. The van der Waals surface area contributed by atoms with Crippen LogP contribution in [0, 0.1) is 0 Å². The molecule has 7 heteroatoms. The Kier molecular flexibility index (Phi) is 7.93. The monoisotopic (exact) mass is 396 g/mol. The molecule has 0 spiro atoms. The maximum atomic E-state index is 12.9. The fraction of sp³-hybridized carbons (Fsp3) is 0.700. The summed E-state index contributed by atoms with van der Waals surface area (Å²) in [7, 11) is 2.53. The van der Waals surface area contributed by atoms with E-state index in [0.717, 1.165) is 76.5 Å². The van der Waals surface area contributed by atoms with Crippen molar-refractivity contribution in [3.63, 3.8) is 0 Å². The predicted octanol–water partition coefficient (Wildman–Crippen LogP) is 2.31. The molecule has 1 aromatic carbocycles. The van der Waals surface area contributed by atoms with Crippen molar-refractivity contribution >= 4 is 11.0 Å². The van der Waals surface area contributed by atoms with Gasteiger partial charge < -0.3 is 19.1 Å². The van der Waals surface area contributed by atoms with E-state index in [1.54, 1.807) is 14.2 Å². The van der Waals surface area contributed by atoms with Crippen LogP contribution in [0.2, 0.25) is 0 Å². The zero-order valence-electron chi connectivity index (χ0n) is 16.5. The lowest BCUT2D eigenvalue weighted by molar-refractivity contribution is 0.131. The normalized spacial score (nSPS) is 21.9. The van der Waals surface area contributed by atoms with Crippen LogP contribution >= 0.6 is 0 Å². The summed E-state index contributed by atoms with van der Waals surface area (Å²) < 4.78 is 31.5. The van der Waals surface area contributed by atoms with Gasteiger partial charge in [-0.25, -0.2) is 8.51 Å². The van der Waals surface area contributed by atoms with Crippen molar-refractivity contribution in [2.75, 3.05) is 53.6 Å². The highest BCUT2D eigenvalue weighted by Gasteiger charge is 2.30. The molecular formula is C20H32N2O4S. The van der Waals surface area contributed by atoms with Crippen molar-refractivity contribution in [2.24, 2.45) is 0 Å². The largest absolute Gasteiger partial charge is 0.497 e. The van der Waals surface area contributed by atoms with Crippen molar-refractivity contribution in [2.45, 2.75) is 37.0 Å². The third kappa shape index (κ3) is 5.91. The zero-order chi connectivity index (χ0) is 19.1. The summed E-state index contributed by atoms with van der Waals surface area (Å²) in [5, 5.41) is 0.294. The number of ether oxygens (including phenoxy) is 3. The first kappa shape index (κ1) is 20.6. The van der Waals surface area contributed by atoms with Gasteiger partial charge in [-0.3, -0.25) is 0 Å². The van der Waals surface area contributed by atoms with E-state index >= 15 is 0 Å². The quantitative estimate of drug-likeness (QED) is 0.675. The van der Waals surface area contributed by atoms with Crippen LogP contribution in [-0.4, -0.2) is 78.3 Å². The molecule has 152 valence electrons. The Morgan fingerprint density at radius 2 is 1.59 bits per heavy atom. The van der Waals surface area contributed by atoms with E-state index in [-0.39, 0.29) is 6.10 Å². The molecule has 27 heavy (non-hydrogen) atoms. The summed E-state index contributed by atoms with van der Waals surface area (Å²) in [6, 6.07) is 7.72. The highest BCUT2D eigenvalue weighted by Crippen LogP contribution is 2.24. The van der Waals surface area contributed by atoms with Gasteiger partial charge in [-0.2, -0.15) is 0 Å². The molecule has 0 radical (unpaired) electrons. The third-order valence-electron chi connectivity index (χ3n) is 5.45. The van der Waals surface area contributed by atoms with Gasteiger partial charge in [-0.05, 0) is 63.0 Å². The summed E-state index contributed by atoms with van der Waals surface area (Å²) in [4.78, 5) is 2.41. The van der Waals surface area contributed by atoms with Gasteiger partial charge in [0.2, 0.25) is 0 Å². The van der Waals surface area contributed by atoms with Crippen LogP contribution in [0.5, 0.6) is 11.5 Å². The molecule has 1 unspecified atom stereocenters. The summed E-state index contributed by atoms with van der Waals surface area (Å²) in [5.74, 6) is 1.71. The molecule has 3 rings (SSSR count). The van der Waals surface area contributed by atoms with Crippen molar-refractivity contribution in [3.8, 4) is 11.5 Å². The number of rotatable bonds is 8. The lowest BCUT2D eigenvalue weighted by Gasteiger charge is -2.36. The highest BCUT2D eigenvalue weighted by atomic mass is 32.2. The van der Waals surface area contributed by atoms with Crippen molar-refractivity contribution in [3.05, 3.63) is 24.3 Å². The van der Waals surface area contributed by atoms with Crippen LogP contribution in [-0.2, 0) is 15.7 Å². The van der Waals surface area contributed by atoms with Gasteiger partial charge in [-0.15, -0.1) is 0 Å². The van der Waals surface area contributed by atoms with E-state index in [1.807, 2.05) is 24.3 Å². The Morgan fingerprint density at radius 3 is 2.19 bits per heavy atom. The van der Waals surface area contributed by atoms with Gasteiger partial charge in [0, 0.05) is 26.7 Å². The molecule has 2 heterocycles. The fourth-order valence-corrected chi connectivity index (χ4v) is 5.35. The maximum absolute atomic E-state index is 12.9. The van der Waals surface area contributed by atoms with Gasteiger partial charge in [0.05, 0.1) is 30.0 Å². The zero-order valence-corrected chi connectivity index (χ0v) is 17.3. The molecule has 1 atom stereocenters. The van der Waals surface area contributed by atoms with Gasteiger partial charge >= 0.3 is 0 Å². The minimum Gasteiger partial charge on any atom is -0.497 e. The first-order valence-electron chi connectivity index (χ1n) is 9.87. The average molecular weight is 397 g/mol. The minimum absolute atomic E-state index is 0.197. The third-order valence-corrected chi connectivity index (χ3v) is 7.36. The lowest BCUT2D eigenvalue weighted by Crippen LogP contribution is -2.46. The molecule has 0 saturated carbocycles. The number of piperidine rings is 2. The second kappa shape index (κ2) is 10.4. The van der Waals surface area contributed by atoms with Crippen LogP contribution in [0.3, 0.4) is 0 Å². The number of nitrogens with zero attached hydrogens (tertiary/aromatic N) is 2. The molecule has 0 bridgehead atoms. The SMILES string of the molecule is COCCN1CCC(S(=O)N2CCC(Oc3ccc(OC)cc3)CC2)CC1. The molecule has 0 amide bonds. The Hall–Kier alpha value is -1.15. The van der Waals surface area contributed by atoms with Crippen LogP contribution in [0.1, 0.15) is 25.7 Å². The van der Waals surface area contributed by atoms with Crippen molar-refractivity contribution in [1.82, 2.24) is 9.21 Å². The summed E-state index contributed by atoms with van der Waals surface area (Å²) in [5.41, 5.74) is 0. The Labute approximate surface area is 165 Å². The van der Waals surface area contributed by atoms with E-state index in [0.29, 0.717) is 5.25 Å². The standard InChI is InChI=1S/C20H32N2O4S/c1-24-16-15-21-11-9-20(10-12-21)27(23)22-13-7-19(8-14-22)26-18-5-3-17(25-2)4-6-18/h3-6,19-20H,7-16H2,1-2H3. The number of hydrogen-bond acceptors (Lipinski definition) is 5. The number of benzene rings is 1. The van der Waals surface area contributed by atoms with Gasteiger partial charge in [0.1, 0.15) is 17.6 Å². The van der Waals surface area contributed by atoms with E-state index < -0.39 is 11.0 Å². The average Bonchev–Trinajstić information content (AvgIpc) is 2.73. The molecule has 0 aliphatic carbocycles. The second-order valence-electron chi connectivity index (χ2n) is 7.23. The maximum Gasteiger partial charge on any atom is 0.119 e. The van der Waals surface area contributed by atoms with E-state index in [2.05, 4.69) is 9.21 Å². The summed E-state index contributed by atoms with van der Waals surface area (Å²) in [6.45, 7) is 5.49. The predicted molar refractivity (Wildman–Crippen MR) is 108 cm³/mol. The first-order chi connectivity index (χ1) is 13.2. The van der Waals surface area contributed by atoms with Gasteiger partial charge in [-0.1, -0.05) is 0 Å². The summed E-state index contributed by atoms with van der Waals surface area (Å²) in [6.07, 6.45) is 4.06. The number of methoxy groups -OCH3 is 2. The van der Waals surface area contributed by atoms with Crippen LogP contribution < -0.4 is 9.47 Å². The molecule has 2 fully saturated rings. The lowest BCUT2D eigenvalue weighted by atomic mass is 10.1. The van der Waals surface area contributed by atoms with E-state index in [4.69, 9.17) is 14.2 Å². The first-order valence-corrected chi connectivity index (χ1v) is 11.0. The molecule has 6 nitrogen and oxygen atoms in total. The Balaban J connectivity index is 1.40. The van der Waals surface area contributed by atoms with Crippen molar-refractivity contribution in [1.29, 1.82) is 0 Å². The van der Waals surface area contributed by atoms with Crippen LogP contribution in [0.25, 0.3) is 0 Å². The minimum atomic E-state index is -0.876. The number of hydrogen-bond donors (Lipinski definition) is 0. The molecule has 2 saturated heterocycles. The van der Waals surface area contributed by atoms with E-state index in [9.17, 15) is 4.21 Å². The van der Waals surface area contributed by atoms with Gasteiger partial charge in [0.15, 0.2) is 0 Å². The van der Waals surface area contributed by atoms with E-state index in [1.165, 1.54) is 0 Å². The molecule has 0 N–H and O–H groups in total. The Bertz CT molecular complexity index is 582. The highest BCUT2D eigenvalue weighted by molar-refractivity contribution is 7.83. The molecule has 2 aliphatic rings. The molecule has 2 aliphatic heterocycles. The van der Waals surface area contributed by atoms with Gasteiger partial charge in [0.25, 0.3) is 0 Å². The molecule has 1 aromatic rings. The van der Waals surface area contributed by atoms with Crippen LogP contribution in [0.15, 0.2) is 24.3 Å². The number of likely N-dealkylation sites (tertiary alicyclic amines) is 1. The fourth-order valence-electron chi connectivity index (χ4n) is 3.74. The second-order valence-corrected chi connectivity index (χ2v) is 8.97. The molecular weight excluding hydrogens is 364 g/mol. The van der Waals surface area contributed by atoms with Crippen LogP contribution in [0.4, 0.5) is 0 Å². The smallest absolute Gasteiger partial charge is 0.119 e. The molecule has 0 aromatic heterocycles. The Morgan fingerprint density at radius 1 is 0.963 bits per heavy atom.